The fourth-order valence-corrected chi connectivity index (χ4v) is 8.49. The Balaban J connectivity index is 0.000000351. The van der Waals surface area contributed by atoms with Crippen LogP contribution in [-0.2, 0) is 68.1 Å². The summed E-state index contributed by atoms with van der Waals surface area (Å²) in [5.41, 5.74) is 10.7. The third kappa shape index (κ3) is 25.7. The van der Waals surface area contributed by atoms with Gasteiger partial charge in [0.15, 0.2) is 5.65 Å². The lowest BCUT2D eigenvalue weighted by atomic mass is 10.1. The summed E-state index contributed by atoms with van der Waals surface area (Å²) >= 11 is 0. The van der Waals surface area contributed by atoms with E-state index in [0.717, 1.165) is 41.8 Å². The number of benzene rings is 3. The Morgan fingerprint density at radius 1 is 0.603 bits per heavy atom. The molecule has 25 nitrogen and oxygen atoms in total. The fourth-order valence-electron chi connectivity index (χ4n) is 6.20. The number of carbonyl (C=O) groups excluding carboxylic acids is 2. The van der Waals surface area contributed by atoms with Crippen molar-refractivity contribution in [3.8, 4) is 11.4 Å². The molecule has 0 aliphatic heterocycles. The number of fused-ring (bicyclic) bond motifs is 1. The zero-order chi connectivity index (χ0) is 55.3. The van der Waals surface area contributed by atoms with E-state index in [1.807, 2.05) is 32.0 Å². The molecule has 0 amide bonds. The Labute approximate surface area is 426 Å². The van der Waals surface area contributed by atoms with Crippen molar-refractivity contribution in [2.24, 2.45) is 0 Å². The number of hydrogen-bond donors (Lipinski definition) is 7. The van der Waals surface area contributed by atoms with Gasteiger partial charge in [0.25, 0.3) is 10.1 Å². The topological polar surface area (TPSA) is 354 Å². The number of anilines is 6. The molecule has 5 aromatic rings. The van der Waals surface area contributed by atoms with E-state index in [4.69, 9.17) is 15.2 Å². The Bertz CT molecular complexity index is 3030. The number of aromatic nitrogens is 3. The Kier molecular flexibility index (Phi) is 24.8. The smallest absolute Gasteiger partial charge is 0.337 e. The van der Waals surface area contributed by atoms with Crippen LogP contribution in [0.4, 0.5) is 34.1 Å². The second-order valence-electron chi connectivity index (χ2n) is 16.1. The molecule has 0 saturated carbocycles. The number of nitrogens with one attached hydrogen (secondary N) is 6. The lowest BCUT2D eigenvalue weighted by Crippen LogP contribution is -2.21. The van der Waals surface area contributed by atoms with E-state index in [0.29, 0.717) is 36.1 Å². The summed E-state index contributed by atoms with van der Waals surface area (Å²) in [5.74, 6) is -0.517. The van der Waals surface area contributed by atoms with E-state index in [1.54, 1.807) is 51.6 Å². The van der Waals surface area contributed by atoms with Crippen LogP contribution in [0, 0.1) is 0 Å². The van der Waals surface area contributed by atoms with E-state index in [-0.39, 0.29) is 46.9 Å². The van der Waals surface area contributed by atoms with Crippen molar-refractivity contribution in [3.63, 3.8) is 0 Å². The van der Waals surface area contributed by atoms with Gasteiger partial charge in [-0.05, 0) is 87.5 Å². The van der Waals surface area contributed by atoms with E-state index in [1.165, 1.54) is 45.6 Å². The van der Waals surface area contributed by atoms with Crippen molar-refractivity contribution in [2.75, 3.05) is 111 Å². The summed E-state index contributed by atoms with van der Waals surface area (Å²) in [7, 11) is -6.37. The first-order valence-electron chi connectivity index (χ1n) is 21.4. The van der Waals surface area contributed by atoms with Crippen molar-refractivity contribution in [3.05, 3.63) is 84.1 Å². The van der Waals surface area contributed by atoms with Gasteiger partial charge in [-0.1, -0.05) is 0 Å². The molecule has 0 radical (unpaired) electrons. The Morgan fingerprint density at radius 3 is 1.47 bits per heavy atom. The van der Waals surface area contributed by atoms with E-state index >= 15 is 0 Å². The van der Waals surface area contributed by atoms with Crippen LogP contribution in [0.1, 0.15) is 41.5 Å². The number of pyridine rings is 1. The standard InChI is InChI=1S/C17H21N5O3S.C13H20N2O5S.C9H12N2O4S.C5H12O4S/c1-11(10-25-2)19-13-7-12(8-14(9-13)22-26(3,23)24)16-20-15-5-4-6-18-17(15)21-16;1-9(8-19-2)14-11-5-10(13(16)20-3)6-12(7-11)15-21(4,17)18;1-15-9(12)6-3-7(10)5-8(4-6)11-16(2,13)14;1-5(4-8-2)9-10(3,6)7/h4-9,11,19,22H,10H2,1-3H3,(H,18,20,21);5-7,9,14-15H,8H2,1-4H3;3-5,11H,10H2,1-2H3;5H,4H2,1-3H3. The molecular formula is C44H65N9O16S4. The van der Waals surface area contributed by atoms with E-state index < -0.39 is 58.2 Å². The second-order valence-corrected chi connectivity index (χ2v) is 22.9. The number of nitrogen functional groups attached to an aromatic ring is 1. The molecule has 0 bridgehead atoms. The van der Waals surface area contributed by atoms with Crippen LogP contribution in [0.25, 0.3) is 22.6 Å². The number of nitrogens with zero attached hydrogens (tertiary/aromatic N) is 2. The maximum Gasteiger partial charge on any atom is 0.337 e. The number of imidazole rings is 1. The van der Waals surface area contributed by atoms with Gasteiger partial charge in [-0.3, -0.25) is 18.3 Å². The lowest BCUT2D eigenvalue weighted by molar-refractivity contribution is 0.0592. The molecule has 0 spiro atoms. The number of hydrogen-bond acceptors (Lipinski definition) is 21. The van der Waals surface area contributed by atoms with Crippen LogP contribution in [0.5, 0.6) is 0 Å². The lowest BCUT2D eigenvalue weighted by Gasteiger charge is -2.16. The third-order valence-electron chi connectivity index (χ3n) is 8.50. The van der Waals surface area contributed by atoms with Crippen LogP contribution >= 0.6 is 0 Å². The van der Waals surface area contributed by atoms with E-state index in [2.05, 4.69) is 58.1 Å². The Morgan fingerprint density at radius 2 is 1.03 bits per heavy atom. The highest BCUT2D eigenvalue weighted by molar-refractivity contribution is 7.92. The van der Waals surface area contributed by atoms with Crippen LogP contribution in [0.15, 0.2) is 72.9 Å². The summed E-state index contributed by atoms with van der Waals surface area (Å²) in [6.45, 7) is 6.78. The average Bonchev–Trinajstić information content (AvgIpc) is 3.69. The second kappa shape index (κ2) is 28.8. The van der Waals surface area contributed by atoms with Gasteiger partial charge in [-0.25, -0.2) is 44.8 Å². The first-order valence-corrected chi connectivity index (χ1v) is 28.8. The highest BCUT2D eigenvalue weighted by Crippen LogP contribution is 2.28. The molecule has 3 unspecified atom stereocenters. The maximum absolute atomic E-state index is 11.6. The van der Waals surface area contributed by atoms with Crippen LogP contribution < -0.4 is 30.5 Å². The number of ether oxygens (including phenoxy) is 5. The normalized spacial score (nSPS) is 12.7. The zero-order valence-electron chi connectivity index (χ0n) is 42.4. The summed E-state index contributed by atoms with van der Waals surface area (Å²) < 4.78 is 124. The van der Waals surface area contributed by atoms with Crippen molar-refractivity contribution in [1.29, 1.82) is 0 Å². The number of nitrogens with two attached hydrogens (primary N) is 1. The highest BCUT2D eigenvalue weighted by atomic mass is 32.2. The summed E-state index contributed by atoms with van der Waals surface area (Å²) in [5, 5.41) is 6.42. The van der Waals surface area contributed by atoms with Gasteiger partial charge in [0.05, 0.1) is 98.9 Å². The molecule has 0 saturated heterocycles. The summed E-state index contributed by atoms with van der Waals surface area (Å²) in [6.07, 6.45) is 5.45. The quantitative estimate of drug-likeness (QED) is 0.0308. The molecule has 29 heteroatoms. The number of H-pyrrole nitrogens is 1. The minimum atomic E-state index is -3.44. The maximum atomic E-state index is 11.6. The van der Waals surface area contributed by atoms with Crippen molar-refractivity contribution >= 4 is 97.4 Å². The molecule has 8 N–H and O–H groups in total. The van der Waals surface area contributed by atoms with Crippen LogP contribution in [-0.4, -0.2) is 159 Å². The van der Waals surface area contributed by atoms with Crippen LogP contribution in [0.2, 0.25) is 0 Å². The first-order chi connectivity index (χ1) is 33.9. The van der Waals surface area contributed by atoms with Gasteiger partial charge in [-0.2, -0.15) is 8.42 Å². The van der Waals surface area contributed by atoms with E-state index in [9.17, 15) is 43.3 Å². The minimum absolute atomic E-state index is 0.00557. The van der Waals surface area contributed by atoms with Gasteiger partial charge in [0.2, 0.25) is 30.1 Å². The molecule has 3 atom stereocenters. The average molecular weight is 1100 g/mol. The molecule has 406 valence electrons. The highest BCUT2D eigenvalue weighted by Gasteiger charge is 2.15. The fraction of sp³-hybridized carbons (Fsp3) is 0.409. The van der Waals surface area contributed by atoms with Gasteiger partial charge in [-0.15, -0.1) is 0 Å². The van der Waals surface area contributed by atoms with Crippen LogP contribution in [0.3, 0.4) is 0 Å². The third-order valence-corrected chi connectivity index (χ3v) is 11.0. The van der Waals surface area contributed by atoms with Crippen molar-refractivity contribution in [1.82, 2.24) is 15.0 Å². The molecule has 0 aliphatic carbocycles. The predicted octanol–water partition coefficient (Wildman–Crippen LogP) is 4.16. The summed E-state index contributed by atoms with van der Waals surface area (Å²) in [4.78, 5) is 34.8. The molecule has 3 aromatic carbocycles. The van der Waals surface area contributed by atoms with Gasteiger partial charge < -0.3 is 45.0 Å². The number of methoxy groups -OCH3 is 5. The largest absolute Gasteiger partial charge is 0.465 e. The number of sulfonamides is 3. The van der Waals surface area contributed by atoms with Gasteiger partial charge in [0, 0.05) is 62.2 Å². The van der Waals surface area contributed by atoms with Crippen molar-refractivity contribution in [2.45, 2.75) is 39.0 Å². The van der Waals surface area contributed by atoms with Crippen molar-refractivity contribution < 1.29 is 71.1 Å². The number of esters is 2. The zero-order valence-corrected chi connectivity index (χ0v) is 45.7. The predicted molar refractivity (Wildman–Crippen MR) is 282 cm³/mol. The minimum Gasteiger partial charge on any atom is -0.465 e. The number of carbonyl (C=O) groups is 2. The first kappa shape index (κ1) is 62.8. The molecule has 5 rings (SSSR count). The SMILES string of the molecule is COC(=O)c1cc(N)cc(NS(C)(=O)=O)c1.COCC(C)Nc1cc(NS(C)(=O)=O)cc(-c2nc3ncccc3[nH]2)c1.COCC(C)Nc1cc(NS(C)(=O)=O)cc(C(=O)OC)c1.COCC(C)OS(C)(=O)=O. The monoisotopic (exact) mass is 1100 g/mol. The number of rotatable bonds is 21. The molecule has 73 heavy (non-hydrogen) atoms. The molecule has 0 fully saturated rings. The van der Waals surface area contributed by atoms with Gasteiger partial charge in [0.1, 0.15) is 5.82 Å². The molecule has 2 heterocycles. The molecule has 0 aliphatic rings. The van der Waals surface area contributed by atoms with Gasteiger partial charge >= 0.3 is 11.9 Å². The summed E-state index contributed by atoms with van der Waals surface area (Å²) in [6, 6.07) is 17.9. The molecular weight excluding hydrogens is 1040 g/mol. The Hall–Kier alpha value is -6.34. The number of aromatic amines is 1. The molecule has 2 aromatic heterocycles.